The highest BCUT2D eigenvalue weighted by molar-refractivity contribution is 6.22. The Labute approximate surface area is 173 Å². The van der Waals surface area contributed by atoms with Gasteiger partial charge in [0.1, 0.15) is 5.75 Å². The summed E-state index contributed by atoms with van der Waals surface area (Å²) in [6, 6.07) is 15.1. The van der Waals surface area contributed by atoms with Crippen molar-refractivity contribution in [1.29, 1.82) is 0 Å². The maximum Gasteiger partial charge on any atom is 0.261 e. The highest BCUT2D eigenvalue weighted by Gasteiger charge is 2.36. The molecule has 1 aromatic heterocycles. The fraction of sp³-hybridized carbons (Fsp3) is 0.130. The third-order valence-corrected chi connectivity index (χ3v) is 4.76. The number of fused-ring (bicyclic) bond motifs is 1. The van der Waals surface area contributed by atoms with Gasteiger partial charge in [0.25, 0.3) is 17.7 Å². The second-order valence-electron chi connectivity index (χ2n) is 6.70. The van der Waals surface area contributed by atoms with Crippen molar-refractivity contribution < 1.29 is 19.1 Å². The number of imide groups is 1. The standard InChI is InChI=1S/C23H19N3O4/c1-2-30-20-6-4-3-5-19(20)25-21(27)16-7-8-17-18(13-16)23(29)26(22(17)28)14-15-9-11-24-12-10-15/h3-13H,2,14H2,1H3,(H,25,27). The molecule has 7 nitrogen and oxygen atoms in total. The lowest BCUT2D eigenvalue weighted by Gasteiger charge is -2.13. The van der Waals surface area contributed by atoms with Gasteiger partial charge < -0.3 is 10.1 Å². The summed E-state index contributed by atoms with van der Waals surface area (Å²) < 4.78 is 5.52. The van der Waals surface area contributed by atoms with Crippen molar-refractivity contribution >= 4 is 23.4 Å². The van der Waals surface area contributed by atoms with Crippen molar-refractivity contribution in [3.63, 3.8) is 0 Å². The minimum atomic E-state index is -0.420. The van der Waals surface area contributed by atoms with Crippen LogP contribution in [0.3, 0.4) is 0 Å². The molecule has 0 saturated carbocycles. The van der Waals surface area contributed by atoms with Gasteiger partial charge in [-0.3, -0.25) is 24.3 Å². The third-order valence-electron chi connectivity index (χ3n) is 4.76. The maximum atomic E-state index is 12.8. The smallest absolute Gasteiger partial charge is 0.261 e. The molecule has 1 aliphatic rings. The number of nitrogens with one attached hydrogen (secondary N) is 1. The van der Waals surface area contributed by atoms with E-state index in [2.05, 4.69) is 10.3 Å². The van der Waals surface area contributed by atoms with Crippen molar-refractivity contribution in [3.05, 3.63) is 89.2 Å². The second-order valence-corrected chi connectivity index (χ2v) is 6.70. The number of pyridine rings is 1. The third kappa shape index (κ3) is 3.65. The largest absolute Gasteiger partial charge is 0.492 e. The number of rotatable bonds is 6. The van der Waals surface area contributed by atoms with Crippen LogP contribution in [0.4, 0.5) is 5.69 Å². The van der Waals surface area contributed by atoms with Crippen LogP contribution in [0.5, 0.6) is 5.75 Å². The molecule has 30 heavy (non-hydrogen) atoms. The average Bonchev–Trinajstić information content (AvgIpc) is 3.00. The van der Waals surface area contributed by atoms with E-state index in [1.807, 2.05) is 13.0 Å². The lowest BCUT2D eigenvalue weighted by Crippen LogP contribution is -2.29. The highest BCUT2D eigenvalue weighted by atomic mass is 16.5. The first-order valence-corrected chi connectivity index (χ1v) is 9.51. The van der Waals surface area contributed by atoms with Gasteiger partial charge in [-0.05, 0) is 55.0 Å². The Balaban J connectivity index is 1.56. The number of hydrogen-bond acceptors (Lipinski definition) is 5. The molecule has 0 spiro atoms. The maximum absolute atomic E-state index is 12.8. The van der Waals surface area contributed by atoms with Crippen LogP contribution in [0.2, 0.25) is 0 Å². The summed E-state index contributed by atoms with van der Waals surface area (Å²) in [6.07, 6.45) is 3.21. The van der Waals surface area contributed by atoms with Crippen LogP contribution in [-0.2, 0) is 6.54 Å². The molecule has 0 radical (unpaired) electrons. The number of benzene rings is 2. The van der Waals surface area contributed by atoms with Crippen LogP contribution in [0.25, 0.3) is 0 Å². The highest BCUT2D eigenvalue weighted by Crippen LogP contribution is 2.27. The van der Waals surface area contributed by atoms with Crippen LogP contribution in [-0.4, -0.2) is 34.2 Å². The van der Waals surface area contributed by atoms with Gasteiger partial charge in [0.05, 0.1) is 30.0 Å². The van der Waals surface area contributed by atoms with Gasteiger partial charge in [-0.25, -0.2) is 0 Å². The molecule has 0 saturated heterocycles. The summed E-state index contributed by atoms with van der Waals surface area (Å²) in [5, 5.41) is 2.80. The summed E-state index contributed by atoms with van der Waals surface area (Å²) >= 11 is 0. The van der Waals surface area contributed by atoms with Crippen molar-refractivity contribution in [3.8, 4) is 5.75 Å². The first-order valence-electron chi connectivity index (χ1n) is 9.51. The molecule has 7 heteroatoms. The summed E-state index contributed by atoms with van der Waals surface area (Å²) in [5.41, 5.74) is 2.13. The number of anilines is 1. The SMILES string of the molecule is CCOc1ccccc1NC(=O)c1ccc2c(c1)C(=O)N(Cc1ccncc1)C2=O. The van der Waals surface area contributed by atoms with E-state index in [1.165, 1.54) is 17.0 Å². The van der Waals surface area contributed by atoms with E-state index < -0.39 is 11.8 Å². The quantitative estimate of drug-likeness (QED) is 0.639. The van der Waals surface area contributed by atoms with E-state index in [1.54, 1.807) is 48.8 Å². The summed E-state index contributed by atoms with van der Waals surface area (Å²) in [4.78, 5) is 43.4. The molecule has 0 aliphatic carbocycles. The van der Waals surface area contributed by atoms with Crippen molar-refractivity contribution in [2.45, 2.75) is 13.5 Å². The molecule has 0 bridgehead atoms. The van der Waals surface area contributed by atoms with Crippen LogP contribution in [0, 0.1) is 0 Å². The molecule has 150 valence electrons. The first kappa shape index (κ1) is 19.3. The molecule has 2 heterocycles. The van der Waals surface area contributed by atoms with Gasteiger partial charge in [-0.1, -0.05) is 12.1 Å². The second kappa shape index (κ2) is 8.16. The fourth-order valence-electron chi connectivity index (χ4n) is 3.29. The van der Waals surface area contributed by atoms with Gasteiger partial charge in [0, 0.05) is 18.0 Å². The molecule has 0 atom stereocenters. The zero-order valence-electron chi connectivity index (χ0n) is 16.3. The molecule has 3 amide bonds. The van der Waals surface area contributed by atoms with Crippen molar-refractivity contribution in [2.24, 2.45) is 0 Å². The van der Waals surface area contributed by atoms with Gasteiger partial charge in [0.15, 0.2) is 0 Å². The Hall–Kier alpha value is -4.00. The minimum Gasteiger partial charge on any atom is -0.492 e. The van der Waals surface area contributed by atoms with Gasteiger partial charge in [-0.2, -0.15) is 0 Å². The monoisotopic (exact) mass is 401 g/mol. The molecule has 1 N–H and O–H groups in total. The van der Waals surface area contributed by atoms with Crippen molar-refractivity contribution in [2.75, 3.05) is 11.9 Å². The minimum absolute atomic E-state index is 0.151. The van der Waals surface area contributed by atoms with Gasteiger partial charge >= 0.3 is 0 Å². The normalized spacial score (nSPS) is 12.6. The Morgan fingerprint density at radius 1 is 1.00 bits per heavy atom. The van der Waals surface area contributed by atoms with Gasteiger partial charge in [-0.15, -0.1) is 0 Å². The topological polar surface area (TPSA) is 88.6 Å². The summed E-state index contributed by atoms with van der Waals surface area (Å²) in [5.74, 6) is -0.626. The number of carbonyl (C=O) groups excluding carboxylic acids is 3. The van der Waals surface area contributed by atoms with E-state index in [9.17, 15) is 14.4 Å². The van der Waals surface area contributed by atoms with E-state index in [0.29, 0.717) is 23.6 Å². The number of carbonyl (C=O) groups is 3. The van der Waals surface area contributed by atoms with E-state index >= 15 is 0 Å². The van der Waals surface area contributed by atoms with E-state index in [4.69, 9.17) is 4.74 Å². The van der Waals surface area contributed by atoms with Crippen LogP contribution < -0.4 is 10.1 Å². The Bertz CT molecular complexity index is 1130. The lowest BCUT2D eigenvalue weighted by atomic mass is 10.1. The molecule has 4 rings (SSSR count). The summed E-state index contributed by atoms with van der Waals surface area (Å²) in [6.45, 7) is 2.48. The zero-order valence-corrected chi connectivity index (χ0v) is 16.3. The summed E-state index contributed by atoms with van der Waals surface area (Å²) in [7, 11) is 0. The predicted octanol–water partition coefficient (Wildman–Crippen LogP) is 3.53. The molecular formula is C23H19N3O4. The Kier molecular flexibility index (Phi) is 5.26. The molecule has 3 aromatic rings. The number of hydrogen-bond donors (Lipinski definition) is 1. The van der Waals surface area contributed by atoms with Crippen LogP contribution in [0.15, 0.2) is 67.0 Å². The van der Waals surface area contributed by atoms with Crippen LogP contribution in [0.1, 0.15) is 43.6 Å². The average molecular weight is 401 g/mol. The fourth-order valence-corrected chi connectivity index (χ4v) is 3.29. The van der Waals surface area contributed by atoms with E-state index in [-0.39, 0.29) is 23.6 Å². The first-order chi connectivity index (χ1) is 14.6. The number of aromatic nitrogens is 1. The number of amides is 3. The number of para-hydroxylation sites is 2. The molecule has 0 fully saturated rings. The van der Waals surface area contributed by atoms with Gasteiger partial charge in [0.2, 0.25) is 0 Å². The molecule has 0 unspecified atom stereocenters. The molecule has 2 aromatic carbocycles. The van der Waals surface area contributed by atoms with Crippen molar-refractivity contribution in [1.82, 2.24) is 9.88 Å². The lowest BCUT2D eigenvalue weighted by molar-refractivity contribution is 0.0642. The Morgan fingerprint density at radius 2 is 1.73 bits per heavy atom. The molecule has 1 aliphatic heterocycles. The Morgan fingerprint density at radius 3 is 2.50 bits per heavy atom. The number of ether oxygens (including phenoxy) is 1. The zero-order chi connectivity index (χ0) is 21.1. The predicted molar refractivity (Wildman–Crippen MR) is 110 cm³/mol. The molecular weight excluding hydrogens is 382 g/mol. The van der Waals surface area contributed by atoms with E-state index in [0.717, 1.165) is 5.56 Å². The number of nitrogens with zero attached hydrogens (tertiary/aromatic N) is 2. The van der Waals surface area contributed by atoms with Crippen LogP contribution >= 0.6 is 0 Å².